The van der Waals surface area contributed by atoms with Crippen molar-refractivity contribution in [3.05, 3.63) is 35.1 Å². The number of hydrogen-bond donors (Lipinski definition) is 1. The van der Waals surface area contributed by atoms with Gasteiger partial charge in [0, 0.05) is 31.4 Å². The Bertz CT molecular complexity index is 630. The molecule has 0 atom stereocenters. The predicted molar refractivity (Wildman–Crippen MR) is 72.7 cm³/mol. The lowest BCUT2D eigenvalue weighted by molar-refractivity contribution is 0.0652. The minimum absolute atomic E-state index is 0.155. The largest absolute Gasteiger partial charge is 0.475 e. The van der Waals surface area contributed by atoms with Gasteiger partial charge >= 0.3 is 5.97 Å². The Morgan fingerprint density at radius 2 is 1.84 bits per heavy atom. The molecule has 1 N–H and O–H groups in total. The summed E-state index contributed by atoms with van der Waals surface area (Å²) in [6, 6.07) is 5.49. The number of carboxylic acid groups (broad SMARTS) is 1. The number of benzene rings is 1. The third-order valence-electron chi connectivity index (χ3n) is 3.09. The van der Waals surface area contributed by atoms with E-state index in [2.05, 4.69) is 11.2 Å². The van der Waals surface area contributed by atoms with Gasteiger partial charge in [-0.15, -0.1) is 0 Å². The molecule has 19 heavy (non-hydrogen) atoms. The van der Waals surface area contributed by atoms with E-state index < -0.39 is 5.97 Å². The second-order valence-corrected chi connectivity index (χ2v) is 4.73. The fourth-order valence-electron chi connectivity index (χ4n) is 1.88. The third kappa shape index (κ3) is 2.45. The molecule has 0 aliphatic rings. The molecule has 0 fully saturated rings. The minimum Gasteiger partial charge on any atom is -0.475 e. The van der Waals surface area contributed by atoms with E-state index in [0.717, 1.165) is 16.8 Å². The van der Waals surface area contributed by atoms with Crippen LogP contribution in [0.15, 0.2) is 22.7 Å². The Morgan fingerprint density at radius 1 is 1.21 bits per heavy atom. The van der Waals surface area contributed by atoms with Crippen LogP contribution in [-0.2, 0) is 0 Å². The fourth-order valence-corrected chi connectivity index (χ4v) is 1.88. The lowest BCUT2D eigenvalue weighted by Gasteiger charge is -2.18. The van der Waals surface area contributed by atoms with Gasteiger partial charge in [-0.2, -0.15) is 0 Å². The number of aryl methyl sites for hydroxylation is 2. The van der Waals surface area contributed by atoms with Gasteiger partial charge in [0.15, 0.2) is 0 Å². The number of aromatic carboxylic acids is 1. The quantitative estimate of drug-likeness (QED) is 0.919. The molecule has 2 rings (SSSR count). The molecular formula is C14H16N2O3. The van der Waals surface area contributed by atoms with Crippen molar-refractivity contribution in [3.8, 4) is 11.3 Å². The van der Waals surface area contributed by atoms with Crippen molar-refractivity contribution >= 4 is 11.7 Å². The normalized spacial score (nSPS) is 10.5. The zero-order chi connectivity index (χ0) is 14.2. The molecule has 1 aromatic carbocycles. The average Bonchev–Trinajstić information content (AvgIpc) is 2.81. The number of carboxylic acids is 1. The van der Waals surface area contributed by atoms with Crippen LogP contribution in [0.4, 0.5) is 5.69 Å². The van der Waals surface area contributed by atoms with Crippen LogP contribution in [0.3, 0.4) is 0 Å². The highest BCUT2D eigenvalue weighted by Crippen LogP contribution is 2.32. The second-order valence-electron chi connectivity index (χ2n) is 4.73. The van der Waals surface area contributed by atoms with E-state index >= 15 is 0 Å². The Balaban J connectivity index is 2.59. The van der Waals surface area contributed by atoms with Crippen molar-refractivity contribution < 1.29 is 14.4 Å². The average molecular weight is 260 g/mol. The van der Waals surface area contributed by atoms with Gasteiger partial charge in [0.25, 0.3) is 0 Å². The van der Waals surface area contributed by atoms with E-state index in [9.17, 15) is 4.79 Å². The summed E-state index contributed by atoms with van der Waals surface area (Å²) in [6.07, 6.45) is 0. The summed E-state index contributed by atoms with van der Waals surface area (Å²) >= 11 is 0. The van der Waals surface area contributed by atoms with E-state index in [1.807, 2.05) is 38.9 Å². The number of anilines is 1. The highest BCUT2D eigenvalue weighted by atomic mass is 16.5. The zero-order valence-electron chi connectivity index (χ0n) is 11.4. The third-order valence-corrected chi connectivity index (χ3v) is 3.09. The van der Waals surface area contributed by atoms with Gasteiger partial charge in [0.2, 0.25) is 5.76 Å². The van der Waals surface area contributed by atoms with Gasteiger partial charge in [-0.25, -0.2) is 4.79 Å². The van der Waals surface area contributed by atoms with Crippen molar-refractivity contribution in [2.45, 2.75) is 13.8 Å². The first-order valence-corrected chi connectivity index (χ1v) is 5.89. The van der Waals surface area contributed by atoms with E-state index in [1.165, 1.54) is 11.6 Å². The van der Waals surface area contributed by atoms with Crippen molar-refractivity contribution in [3.63, 3.8) is 0 Å². The summed E-state index contributed by atoms with van der Waals surface area (Å²) < 4.78 is 4.82. The Kier molecular flexibility index (Phi) is 3.29. The Hall–Kier alpha value is -2.30. The van der Waals surface area contributed by atoms with Gasteiger partial charge in [-0.1, -0.05) is 5.16 Å². The molecule has 0 unspecified atom stereocenters. The number of nitrogens with zero attached hydrogens (tertiary/aromatic N) is 2. The van der Waals surface area contributed by atoms with Crippen LogP contribution >= 0.6 is 0 Å². The summed E-state index contributed by atoms with van der Waals surface area (Å²) in [5.74, 6) is -1.27. The molecule has 0 amide bonds. The molecular weight excluding hydrogens is 244 g/mol. The highest BCUT2D eigenvalue weighted by molar-refractivity contribution is 5.87. The highest BCUT2D eigenvalue weighted by Gasteiger charge is 2.16. The van der Waals surface area contributed by atoms with Crippen LogP contribution in [0.25, 0.3) is 11.3 Å². The molecule has 2 aromatic rings. The van der Waals surface area contributed by atoms with E-state index in [4.69, 9.17) is 9.63 Å². The molecule has 0 aliphatic heterocycles. The molecule has 0 saturated carbocycles. The Morgan fingerprint density at radius 3 is 2.37 bits per heavy atom. The lowest BCUT2D eigenvalue weighted by Crippen LogP contribution is -2.10. The summed E-state index contributed by atoms with van der Waals surface area (Å²) in [6.45, 7) is 4.05. The Labute approximate surface area is 111 Å². The van der Waals surface area contributed by atoms with Gasteiger partial charge in [0.05, 0.1) is 0 Å². The second kappa shape index (κ2) is 4.76. The zero-order valence-corrected chi connectivity index (χ0v) is 11.4. The van der Waals surface area contributed by atoms with Crippen molar-refractivity contribution in [2.24, 2.45) is 0 Å². The molecule has 5 heteroatoms. The van der Waals surface area contributed by atoms with Crippen LogP contribution in [0.2, 0.25) is 0 Å². The first kappa shape index (κ1) is 13.1. The molecule has 1 aromatic heterocycles. The van der Waals surface area contributed by atoms with E-state index in [-0.39, 0.29) is 5.76 Å². The molecule has 5 nitrogen and oxygen atoms in total. The molecule has 0 spiro atoms. The molecule has 0 aliphatic carbocycles. The molecule has 0 saturated heterocycles. The van der Waals surface area contributed by atoms with E-state index in [1.54, 1.807) is 0 Å². The van der Waals surface area contributed by atoms with Crippen LogP contribution < -0.4 is 4.90 Å². The summed E-state index contributed by atoms with van der Waals surface area (Å²) in [7, 11) is 3.87. The van der Waals surface area contributed by atoms with Crippen LogP contribution in [-0.4, -0.2) is 30.3 Å². The predicted octanol–water partition coefficient (Wildman–Crippen LogP) is 2.72. The van der Waals surface area contributed by atoms with Crippen molar-refractivity contribution in [2.75, 3.05) is 19.0 Å². The minimum atomic E-state index is -1.12. The SMILES string of the molecule is Cc1cc(-c2cc(C(=O)O)on2)c(N(C)C)cc1C. The van der Waals surface area contributed by atoms with Gasteiger partial charge in [-0.3, -0.25) is 0 Å². The topological polar surface area (TPSA) is 66.6 Å². The maximum atomic E-state index is 10.8. The lowest BCUT2D eigenvalue weighted by atomic mass is 10.0. The van der Waals surface area contributed by atoms with Gasteiger partial charge < -0.3 is 14.5 Å². The van der Waals surface area contributed by atoms with Crippen LogP contribution in [0.5, 0.6) is 0 Å². The number of hydrogen-bond acceptors (Lipinski definition) is 4. The number of aromatic nitrogens is 1. The molecule has 0 bridgehead atoms. The molecule has 1 heterocycles. The number of carbonyl (C=O) groups is 1. The summed E-state index contributed by atoms with van der Waals surface area (Å²) in [5.41, 5.74) is 4.68. The van der Waals surface area contributed by atoms with Crippen molar-refractivity contribution in [1.29, 1.82) is 0 Å². The van der Waals surface area contributed by atoms with Gasteiger partial charge in [0.1, 0.15) is 5.69 Å². The smallest absolute Gasteiger partial charge is 0.374 e. The number of rotatable bonds is 3. The summed E-state index contributed by atoms with van der Waals surface area (Å²) in [4.78, 5) is 12.8. The standard InChI is InChI=1S/C14H16N2O3/c1-8-5-10(12(16(3)4)6-9(8)2)11-7-13(14(17)18)19-15-11/h5-7H,1-4H3,(H,17,18). The maximum Gasteiger partial charge on any atom is 0.374 e. The maximum absolute atomic E-state index is 10.8. The van der Waals surface area contributed by atoms with Gasteiger partial charge in [-0.05, 0) is 37.1 Å². The summed E-state index contributed by atoms with van der Waals surface area (Å²) in [5, 5.41) is 12.7. The van der Waals surface area contributed by atoms with Crippen molar-refractivity contribution in [1.82, 2.24) is 5.16 Å². The molecule has 100 valence electrons. The first-order chi connectivity index (χ1) is 8.90. The van der Waals surface area contributed by atoms with Crippen LogP contribution in [0, 0.1) is 13.8 Å². The fraction of sp³-hybridized carbons (Fsp3) is 0.286. The van der Waals surface area contributed by atoms with E-state index in [0.29, 0.717) is 5.69 Å². The monoisotopic (exact) mass is 260 g/mol. The first-order valence-electron chi connectivity index (χ1n) is 5.89. The molecule has 0 radical (unpaired) electrons. The van der Waals surface area contributed by atoms with Crippen LogP contribution in [0.1, 0.15) is 21.7 Å².